The second-order valence-corrected chi connectivity index (χ2v) is 2.84. The van der Waals surface area contributed by atoms with Crippen molar-refractivity contribution in [2.24, 2.45) is 7.05 Å². The van der Waals surface area contributed by atoms with E-state index in [-0.39, 0.29) is 5.69 Å². The van der Waals surface area contributed by atoms with Crippen molar-refractivity contribution < 1.29 is 9.53 Å². The van der Waals surface area contributed by atoms with Gasteiger partial charge in [0.05, 0.1) is 7.11 Å². The van der Waals surface area contributed by atoms with Crippen molar-refractivity contribution in [1.82, 2.24) is 24.6 Å². The lowest BCUT2D eigenvalue weighted by Crippen LogP contribution is -2.05. The van der Waals surface area contributed by atoms with Crippen LogP contribution in [0.5, 0.6) is 0 Å². The predicted molar refractivity (Wildman–Crippen MR) is 45.8 cm³/mol. The first-order chi connectivity index (χ1) is 6.65. The molecule has 0 aliphatic carbocycles. The molecule has 0 atom stereocenters. The maximum absolute atomic E-state index is 11.3. The highest BCUT2D eigenvalue weighted by molar-refractivity contribution is 5.93. The number of nitrogens with zero attached hydrogens (tertiary/aromatic N) is 5. The lowest BCUT2D eigenvalue weighted by molar-refractivity contribution is 0.0596. The first-order valence-corrected chi connectivity index (χ1v) is 3.98. The molecule has 0 saturated heterocycles. The third kappa shape index (κ3) is 0.983. The van der Waals surface area contributed by atoms with E-state index in [4.69, 9.17) is 0 Å². The molecule has 2 heterocycles. The van der Waals surface area contributed by atoms with Gasteiger partial charge >= 0.3 is 5.97 Å². The highest BCUT2D eigenvalue weighted by Gasteiger charge is 2.20. The van der Waals surface area contributed by atoms with E-state index in [0.29, 0.717) is 11.5 Å². The molecule has 0 aliphatic heterocycles. The van der Waals surface area contributed by atoms with Gasteiger partial charge in [0.15, 0.2) is 11.3 Å². The van der Waals surface area contributed by atoms with Gasteiger partial charge < -0.3 is 4.74 Å². The van der Waals surface area contributed by atoms with Crippen molar-refractivity contribution in [3.63, 3.8) is 0 Å². The molecule has 2 aromatic heterocycles. The van der Waals surface area contributed by atoms with Crippen LogP contribution >= 0.6 is 0 Å². The largest absolute Gasteiger partial charge is 0.464 e. The summed E-state index contributed by atoms with van der Waals surface area (Å²) in [6.45, 7) is 1.74. The molecule has 74 valence electrons. The third-order valence-corrected chi connectivity index (χ3v) is 1.94. The van der Waals surface area contributed by atoms with Crippen molar-refractivity contribution in [2.45, 2.75) is 6.92 Å². The molecular weight excluding hydrogens is 186 g/mol. The van der Waals surface area contributed by atoms with Gasteiger partial charge in [-0.25, -0.2) is 14.5 Å². The molecule has 0 radical (unpaired) electrons. The molecule has 2 aromatic rings. The summed E-state index contributed by atoms with van der Waals surface area (Å²) in [5, 5.41) is 7.59. The minimum atomic E-state index is -0.485. The standard InChI is InChI=1S/C7H9N5O2/c1-4-8-5(7(13)14-3)6-11(2)9-10-12(4)6/h1-3H3. The summed E-state index contributed by atoms with van der Waals surface area (Å²) in [6.07, 6.45) is 0. The molecule has 0 unspecified atom stereocenters. The molecule has 7 heteroatoms. The fraction of sp³-hybridized carbons (Fsp3) is 0.429. The van der Waals surface area contributed by atoms with E-state index in [1.807, 2.05) is 0 Å². The van der Waals surface area contributed by atoms with E-state index in [1.165, 1.54) is 16.3 Å². The number of aromatic nitrogens is 5. The third-order valence-electron chi connectivity index (χ3n) is 1.94. The van der Waals surface area contributed by atoms with E-state index in [2.05, 4.69) is 20.1 Å². The molecule has 0 bridgehead atoms. The van der Waals surface area contributed by atoms with Crippen LogP contribution in [0.15, 0.2) is 0 Å². The Morgan fingerprint density at radius 1 is 1.43 bits per heavy atom. The second kappa shape index (κ2) is 2.79. The van der Waals surface area contributed by atoms with E-state index in [0.717, 1.165) is 0 Å². The molecule has 14 heavy (non-hydrogen) atoms. The Morgan fingerprint density at radius 3 is 2.79 bits per heavy atom. The average molecular weight is 195 g/mol. The maximum atomic E-state index is 11.3. The molecule has 2 rings (SSSR count). The van der Waals surface area contributed by atoms with Gasteiger partial charge in [-0.2, -0.15) is 4.52 Å². The number of tetrazole rings is 1. The minimum absolute atomic E-state index is 0.234. The summed E-state index contributed by atoms with van der Waals surface area (Å²) in [4.78, 5) is 15.4. The van der Waals surface area contributed by atoms with Crippen LogP contribution in [0.3, 0.4) is 0 Å². The van der Waals surface area contributed by atoms with E-state index in [1.54, 1.807) is 14.0 Å². The summed E-state index contributed by atoms with van der Waals surface area (Å²) in [7, 11) is 3.00. The molecule has 0 N–H and O–H groups in total. The number of imidazole rings is 1. The highest BCUT2D eigenvalue weighted by atomic mass is 16.5. The summed E-state index contributed by atoms with van der Waals surface area (Å²) in [6, 6.07) is 0. The zero-order chi connectivity index (χ0) is 10.3. The zero-order valence-corrected chi connectivity index (χ0v) is 8.05. The van der Waals surface area contributed by atoms with Crippen LogP contribution in [0.25, 0.3) is 5.65 Å². The zero-order valence-electron chi connectivity index (χ0n) is 8.05. The number of carbonyl (C=O) groups excluding carboxylic acids is 1. The van der Waals surface area contributed by atoms with E-state index < -0.39 is 5.97 Å². The lowest BCUT2D eigenvalue weighted by atomic mass is 10.4. The first kappa shape index (κ1) is 8.67. The molecule has 7 nitrogen and oxygen atoms in total. The lowest BCUT2D eigenvalue weighted by Gasteiger charge is -1.93. The molecule has 0 saturated carbocycles. The number of carbonyl (C=O) groups is 1. The number of rotatable bonds is 1. The Balaban J connectivity index is 2.76. The van der Waals surface area contributed by atoms with Crippen LogP contribution in [0, 0.1) is 6.92 Å². The van der Waals surface area contributed by atoms with Gasteiger partial charge in [0, 0.05) is 7.05 Å². The maximum Gasteiger partial charge on any atom is 0.360 e. The number of hydrogen-bond donors (Lipinski definition) is 0. The van der Waals surface area contributed by atoms with Crippen LogP contribution in [0.4, 0.5) is 0 Å². The molecule has 0 aromatic carbocycles. The summed E-state index contributed by atoms with van der Waals surface area (Å²) < 4.78 is 7.57. The van der Waals surface area contributed by atoms with Gasteiger partial charge in [-0.3, -0.25) is 0 Å². The average Bonchev–Trinajstić information content (AvgIpc) is 2.69. The van der Waals surface area contributed by atoms with E-state index >= 15 is 0 Å². The number of methoxy groups -OCH3 is 1. The Hall–Kier alpha value is -1.92. The van der Waals surface area contributed by atoms with Crippen LogP contribution in [-0.2, 0) is 11.8 Å². The smallest absolute Gasteiger partial charge is 0.360 e. The topological polar surface area (TPSA) is 74.3 Å². The van der Waals surface area contributed by atoms with Gasteiger partial charge in [0.2, 0.25) is 0 Å². The fourth-order valence-corrected chi connectivity index (χ4v) is 1.29. The Bertz CT molecular complexity index is 497. The number of esters is 1. The number of ether oxygens (including phenoxy) is 1. The summed E-state index contributed by atoms with van der Waals surface area (Å²) in [5.41, 5.74) is 0.770. The van der Waals surface area contributed by atoms with Gasteiger partial charge in [0.25, 0.3) is 0 Å². The van der Waals surface area contributed by atoms with E-state index in [9.17, 15) is 4.79 Å². The van der Waals surface area contributed by atoms with Crippen molar-refractivity contribution in [3.8, 4) is 0 Å². The molecule has 0 aliphatic rings. The quantitative estimate of drug-likeness (QED) is 0.576. The number of fused-ring (bicyclic) bond motifs is 1. The predicted octanol–water partition coefficient (Wildman–Crippen LogP) is -0.442. The molecule has 0 fully saturated rings. The van der Waals surface area contributed by atoms with Gasteiger partial charge in [-0.05, 0) is 17.4 Å². The van der Waals surface area contributed by atoms with Gasteiger partial charge in [-0.1, -0.05) is 0 Å². The Morgan fingerprint density at radius 2 is 2.14 bits per heavy atom. The summed E-state index contributed by atoms with van der Waals surface area (Å²) >= 11 is 0. The van der Waals surface area contributed by atoms with Crippen LogP contribution in [0.1, 0.15) is 16.3 Å². The minimum Gasteiger partial charge on any atom is -0.464 e. The monoisotopic (exact) mass is 195 g/mol. The molecule has 0 amide bonds. The number of aryl methyl sites for hydroxylation is 2. The number of hydrogen-bond acceptors (Lipinski definition) is 5. The van der Waals surface area contributed by atoms with Crippen LogP contribution in [-0.4, -0.2) is 37.7 Å². The second-order valence-electron chi connectivity index (χ2n) is 2.84. The van der Waals surface area contributed by atoms with Crippen molar-refractivity contribution in [3.05, 3.63) is 11.5 Å². The normalized spacial score (nSPS) is 10.8. The van der Waals surface area contributed by atoms with Crippen molar-refractivity contribution in [2.75, 3.05) is 7.11 Å². The first-order valence-electron chi connectivity index (χ1n) is 3.98. The molecule has 0 spiro atoms. The van der Waals surface area contributed by atoms with Crippen molar-refractivity contribution in [1.29, 1.82) is 0 Å². The summed E-state index contributed by atoms with van der Waals surface area (Å²) in [5.74, 6) is 0.120. The Labute approximate surface area is 79.3 Å². The highest BCUT2D eigenvalue weighted by Crippen LogP contribution is 2.10. The Kier molecular flexibility index (Phi) is 1.73. The van der Waals surface area contributed by atoms with Gasteiger partial charge in [0.1, 0.15) is 5.82 Å². The van der Waals surface area contributed by atoms with Crippen LogP contribution < -0.4 is 0 Å². The van der Waals surface area contributed by atoms with Crippen molar-refractivity contribution >= 4 is 11.6 Å². The SMILES string of the molecule is COC(=O)c1nc(C)n2nnn(C)c12. The van der Waals surface area contributed by atoms with Gasteiger partial charge in [-0.15, -0.1) is 0 Å². The van der Waals surface area contributed by atoms with Crippen LogP contribution in [0.2, 0.25) is 0 Å². The molecular formula is C7H9N5O2. The fourth-order valence-electron chi connectivity index (χ4n) is 1.29.